The molecule has 3 heteroatoms. The van der Waals surface area contributed by atoms with E-state index in [1.807, 2.05) is 18.2 Å². The van der Waals surface area contributed by atoms with Crippen LogP contribution < -0.4 is 0 Å². The van der Waals surface area contributed by atoms with Crippen LogP contribution >= 0.6 is 15.9 Å². The van der Waals surface area contributed by atoms with Crippen LogP contribution in [0.15, 0.2) is 46.9 Å². The maximum Gasteiger partial charge on any atom is 0.195 e. The molecule has 0 atom stereocenters. The summed E-state index contributed by atoms with van der Waals surface area (Å²) in [6.07, 6.45) is 0.907. The molecule has 2 aromatic carbocycles. The summed E-state index contributed by atoms with van der Waals surface area (Å²) < 4.78 is 14.5. The fourth-order valence-electron chi connectivity index (χ4n) is 2.14. The number of halogens is 2. The van der Waals surface area contributed by atoms with Crippen LogP contribution in [0, 0.1) is 11.7 Å². The van der Waals surface area contributed by atoms with Crippen molar-refractivity contribution in [2.24, 2.45) is 5.92 Å². The average Bonchev–Trinajstić information content (AvgIpc) is 2.37. The molecule has 0 heterocycles. The molecule has 0 spiro atoms. The molecule has 104 valence electrons. The molecule has 2 rings (SSSR count). The van der Waals surface area contributed by atoms with Gasteiger partial charge in [0.25, 0.3) is 0 Å². The molecule has 0 unspecified atom stereocenters. The van der Waals surface area contributed by atoms with Crippen molar-refractivity contribution in [3.05, 3.63) is 69.4 Å². The summed E-state index contributed by atoms with van der Waals surface area (Å²) in [5.41, 5.74) is 1.74. The van der Waals surface area contributed by atoms with Crippen molar-refractivity contribution in [2.75, 3.05) is 0 Å². The topological polar surface area (TPSA) is 17.1 Å². The van der Waals surface area contributed by atoms with Crippen LogP contribution in [-0.2, 0) is 6.42 Å². The van der Waals surface area contributed by atoms with Crippen LogP contribution in [-0.4, -0.2) is 5.78 Å². The number of hydrogen-bond donors (Lipinski definition) is 0. The molecular weight excluding hydrogens is 319 g/mol. The van der Waals surface area contributed by atoms with Crippen molar-refractivity contribution in [1.29, 1.82) is 0 Å². The molecule has 0 bridgehead atoms. The predicted molar refractivity (Wildman–Crippen MR) is 82.5 cm³/mol. The van der Waals surface area contributed by atoms with Crippen LogP contribution in [0.3, 0.4) is 0 Å². The molecule has 0 fully saturated rings. The van der Waals surface area contributed by atoms with Gasteiger partial charge < -0.3 is 0 Å². The molecule has 0 aromatic heterocycles. The molecule has 0 aliphatic heterocycles. The van der Waals surface area contributed by atoms with Gasteiger partial charge in [-0.25, -0.2) is 4.39 Å². The lowest BCUT2D eigenvalue weighted by atomic mass is 9.97. The Bertz CT molecular complexity index is 635. The fraction of sp³-hybridized carbons (Fsp3) is 0.235. The minimum Gasteiger partial charge on any atom is -0.288 e. The van der Waals surface area contributed by atoms with Gasteiger partial charge in [0.05, 0.1) is 5.56 Å². The maximum absolute atomic E-state index is 13.8. The number of ketones is 1. The van der Waals surface area contributed by atoms with Gasteiger partial charge in [0.15, 0.2) is 5.78 Å². The standard InChI is InChI=1S/C17H16BrFO/c1-11(2)8-12-4-3-5-13(9-12)17(20)15-7-6-14(18)10-16(15)19/h3-7,9-11H,8H2,1-2H3. The second-order valence-corrected chi connectivity index (χ2v) is 6.17. The number of rotatable bonds is 4. The van der Waals surface area contributed by atoms with Gasteiger partial charge in [-0.3, -0.25) is 4.79 Å². The number of carbonyl (C=O) groups is 1. The van der Waals surface area contributed by atoms with Gasteiger partial charge in [0, 0.05) is 10.0 Å². The van der Waals surface area contributed by atoms with E-state index in [1.165, 1.54) is 12.1 Å². The first-order valence-electron chi connectivity index (χ1n) is 6.56. The van der Waals surface area contributed by atoms with E-state index in [9.17, 15) is 9.18 Å². The van der Waals surface area contributed by atoms with E-state index < -0.39 is 5.82 Å². The highest BCUT2D eigenvalue weighted by Crippen LogP contribution is 2.19. The first-order chi connectivity index (χ1) is 9.47. The van der Waals surface area contributed by atoms with Crippen LogP contribution in [0.4, 0.5) is 4.39 Å². The second kappa shape index (κ2) is 6.31. The maximum atomic E-state index is 13.8. The normalized spacial score (nSPS) is 10.8. The van der Waals surface area contributed by atoms with E-state index >= 15 is 0 Å². The summed E-state index contributed by atoms with van der Waals surface area (Å²) >= 11 is 3.19. The monoisotopic (exact) mass is 334 g/mol. The van der Waals surface area contributed by atoms with E-state index in [4.69, 9.17) is 0 Å². The Balaban J connectivity index is 2.33. The Kier molecular flexibility index (Phi) is 4.71. The third kappa shape index (κ3) is 3.54. The van der Waals surface area contributed by atoms with E-state index in [0.29, 0.717) is 16.0 Å². The summed E-state index contributed by atoms with van der Waals surface area (Å²) in [5.74, 6) is -0.260. The Hall–Kier alpha value is -1.48. The van der Waals surface area contributed by atoms with Gasteiger partial charge in [-0.2, -0.15) is 0 Å². The van der Waals surface area contributed by atoms with Crippen molar-refractivity contribution in [1.82, 2.24) is 0 Å². The van der Waals surface area contributed by atoms with E-state index in [0.717, 1.165) is 12.0 Å². The van der Waals surface area contributed by atoms with Crippen molar-refractivity contribution in [3.63, 3.8) is 0 Å². The van der Waals surface area contributed by atoms with Crippen molar-refractivity contribution in [2.45, 2.75) is 20.3 Å². The van der Waals surface area contributed by atoms with E-state index in [2.05, 4.69) is 29.8 Å². The molecular formula is C17H16BrFO. The largest absolute Gasteiger partial charge is 0.288 e. The molecule has 0 aliphatic rings. The lowest BCUT2D eigenvalue weighted by Gasteiger charge is -2.08. The van der Waals surface area contributed by atoms with E-state index in [1.54, 1.807) is 12.1 Å². The zero-order chi connectivity index (χ0) is 14.7. The molecule has 0 radical (unpaired) electrons. The zero-order valence-electron chi connectivity index (χ0n) is 11.5. The average molecular weight is 335 g/mol. The van der Waals surface area contributed by atoms with Crippen LogP contribution in [0.5, 0.6) is 0 Å². The summed E-state index contributed by atoms with van der Waals surface area (Å²) in [5, 5.41) is 0. The summed E-state index contributed by atoms with van der Waals surface area (Å²) in [4.78, 5) is 12.4. The Morgan fingerprint density at radius 3 is 2.60 bits per heavy atom. The van der Waals surface area contributed by atoms with Crippen molar-refractivity contribution < 1.29 is 9.18 Å². The number of hydrogen-bond acceptors (Lipinski definition) is 1. The zero-order valence-corrected chi connectivity index (χ0v) is 13.1. The SMILES string of the molecule is CC(C)Cc1cccc(C(=O)c2ccc(Br)cc2F)c1. The quantitative estimate of drug-likeness (QED) is 0.717. The minimum atomic E-state index is -0.501. The Morgan fingerprint density at radius 2 is 1.95 bits per heavy atom. The van der Waals surface area contributed by atoms with Gasteiger partial charge in [-0.15, -0.1) is 0 Å². The van der Waals surface area contributed by atoms with Gasteiger partial charge in [-0.05, 0) is 42.2 Å². The molecule has 20 heavy (non-hydrogen) atoms. The highest BCUT2D eigenvalue weighted by atomic mass is 79.9. The number of benzene rings is 2. The highest BCUT2D eigenvalue weighted by molar-refractivity contribution is 9.10. The predicted octanol–water partition coefficient (Wildman–Crippen LogP) is 5.02. The molecule has 1 nitrogen and oxygen atoms in total. The van der Waals surface area contributed by atoms with Gasteiger partial charge in [0.1, 0.15) is 5.82 Å². The summed E-state index contributed by atoms with van der Waals surface area (Å²) in [6, 6.07) is 11.9. The smallest absolute Gasteiger partial charge is 0.195 e. The summed E-state index contributed by atoms with van der Waals surface area (Å²) in [7, 11) is 0. The molecule has 2 aromatic rings. The third-order valence-electron chi connectivity index (χ3n) is 3.01. The molecule has 0 saturated carbocycles. The van der Waals surface area contributed by atoms with Gasteiger partial charge in [-0.1, -0.05) is 48.0 Å². The first kappa shape index (κ1) is 14.9. The number of carbonyl (C=O) groups excluding carboxylic acids is 1. The molecule has 0 saturated heterocycles. The van der Waals surface area contributed by atoms with Crippen molar-refractivity contribution in [3.8, 4) is 0 Å². The molecule has 0 N–H and O–H groups in total. The van der Waals surface area contributed by atoms with E-state index in [-0.39, 0.29) is 11.3 Å². The Morgan fingerprint density at radius 1 is 1.20 bits per heavy atom. The van der Waals surface area contributed by atoms with Crippen LogP contribution in [0.25, 0.3) is 0 Å². The van der Waals surface area contributed by atoms with Crippen LogP contribution in [0.1, 0.15) is 35.3 Å². The highest BCUT2D eigenvalue weighted by Gasteiger charge is 2.14. The minimum absolute atomic E-state index is 0.106. The second-order valence-electron chi connectivity index (χ2n) is 5.25. The van der Waals surface area contributed by atoms with Crippen LogP contribution in [0.2, 0.25) is 0 Å². The Labute approximate surface area is 127 Å². The lowest BCUT2D eigenvalue weighted by Crippen LogP contribution is -2.05. The third-order valence-corrected chi connectivity index (χ3v) is 3.50. The lowest BCUT2D eigenvalue weighted by molar-refractivity contribution is 0.103. The summed E-state index contributed by atoms with van der Waals surface area (Å²) in [6.45, 7) is 4.26. The molecule has 0 amide bonds. The van der Waals surface area contributed by atoms with Crippen molar-refractivity contribution >= 4 is 21.7 Å². The first-order valence-corrected chi connectivity index (χ1v) is 7.35. The van der Waals surface area contributed by atoms with Gasteiger partial charge in [0.2, 0.25) is 0 Å². The molecule has 0 aliphatic carbocycles. The fourth-order valence-corrected chi connectivity index (χ4v) is 2.47. The van der Waals surface area contributed by atoms with Gasteiger partial charge >= 0.3 is 0 Å².